The molecule has 3 N–H and O–H groups in total. The lowest BCUT2D eigenvalue weighted by Crippen LogP contribution is -2.33. The topological polar surface area (TPSA) is 64.3 Å². The number of carbonyl (C=O) groups is 1. The van der Waals surface area contributed by atoms with Crippen molar-refractivity contribution in [1.82, 2.24) is 5.32 Å². The molecule has 1 aliphatic heterocycles. The Kier molecular flexibility index (Phi) is 6.30. The molecule has 1 aliphatic carbocycles. The van der Waals surface area contributed by atoms with Gasteiger partial charge in [0.15, 0.2) is 0 Å². The minimum atomic E-state index is 0.200. The number of hydrogen-bond donors (Lipinski definition) is 2. The highest BCUT2D eigenvalue weighted by atomic mass is 16.5. The van der Waals surface area contributed by atoms with Gasteiger partial charge in [-0.05, 0) is 38.0 Å². The standard InChI is InChI=1S/C16H30N2O2/c1-2-15-13(8-9-20-15)11-18-16(19)7-6-12-4-3-5-14(17)10-12/h12-15H,2-11,17H2,1H3,(H,18,19). The van der Waals surface area contributed by atoms with E-state index in [1.165, 1.54) is 12.8 Å². The molecule has 0 aromatic heterocycles. The number of nitrogens with one attached hydrogen (secondary N) is 1. The monoisotopic (exact) mass is 282 g/mol. The van der Waals surface area contributed by atoms with Gasteiger partial charge in [0.1, 0.15) is 0 Å². The first-order valence-electron chi connectivity index (χ1n) is 8.33. The number of hydrogen-bond acceptors (Lipinski definition) is 3. The quantitative estimate of drug-likeness (QED) is 0.785. The van der Waals surface area contributed by atoms with Gasteiger partial charge in [0.2, 0.25) is 5.91 Å². The zero-order valence-corrected chi connectivity index (χ0v) is 12.8. The fourth-order valence-corrected chi connectivity index (χ4v) is 3.64. The molecular weight excluding hydrogens is 252 g/mol. The molecule has 4 heteroatoms. The highest BCUT2D eigenvalue weighted by Crippen LogP contribution is 2.27. The summed E-state index contributed by atoms with van der Waals surface area (Å²) in [5, 5.41) is 3.09. The van der Waals surface area contributed by atoms with Crippen LogP contribution >= 0.6 is 0 Å². The number of carbonyl (C=O) groups excluding carboxylic acids is 1. The van der Waals surface area contributed by atoms with Gasteiger partial charge in [-0.2, -0.15) is 0 Å². The van der Waals surface area contributed by atoms with Gasteiger partial charge in [-0.25, -0.2) is 0 Å². The van der Waals surface area contributed by atoms with Crippen LogP contribution in [0, 0.1) is 11.8 Å². The van der Waals surface area contributed by atoms with E-state index in [1.807, 2.05) is 0 Å². The lowest BCUT2D eigenvalue weighted by atomic mass is 9.83. The molecule has 1 saturated heterocycles. The summed E-state index contributed by atoms with van der Waals surface area (Å²) in [6.07, 6.45) is 8.84. The molecule has 0 radical (unpaired) electrons. The van der Waals surface area contributed by atoms with Crippen LogP contribution in [0.25, 0.3) is 0 Å². The van der Waals surface area contributed by atoms with Crippen LogP contribution in [0.4, 0.5) is 0 Å². The molecule has 4 unspecified atom stereocenters. The summed E-state index contributed by atoms with van der Waals surface area (Å²) in [5.41, 5.74) is 5.99. The smallest absolute Gasteiger partial charge is 0.220 e. The number of amides is 1. The van der Waals surface area contributed by atoms with E-state index in [9.17, 15) is 4.79 Å². The third-order valence-electron chi connectivity index (χ3n) is 4.91. The Hall–Kier alpha value is -0.610. The predicted molar refractivity (Wildman–Crippen MR) is 80.3 cm³/mol. The maximum atomic E-state index is 11.9. The number of ether oxygens (including phenoxy) is 1. The van der Waals surface area contributed by atoms with E-state index in [4.69, 9.17) is 10.5 Å². The average Bonchev–Trinajstić information content (AvgIpc) is 2.90. The molecule has 2 fully saturated rings. The summed E-state index contributed by atoms with van der Waals surface area (Å²) < 4.78 is 5.65. The summed E-state index contributed by atoms with van der Waals surface area (Å²) in [6, 6.07) is 0.359. The maximum Gasteiger partial charge on any atom is 0.220 e. The SMILES string of the molecule is CCC1OCCC1CNC(=O)CCC1CCCC(N)C1. The van der Waals surface area contributed by atoms with Crippen molar-refractivity contribution in [2.24, 2.45) is 17.6 Å². The highest BCUT2D eigenvalue weighted by Gasteiger charge is 2.27. The zero-order chi connectivity index (χ0) is 14.4. The molecule has 1 amide bonds. The summed E-state index contributed by atoms with van der Waals surface area (Å²) in [4.78, 5) is 11.9. The predicted octanol–water partition coefficient (Wildman–Crippen LogP) is 2.22. The summed E-state index contributed by atoms with van der Waals surface area (Å²) in [5.74, 6) is 1.36. The van der Waals surface area contributed by atoms with E-state index >= 15 is 0 Å². The molecule has 0 aromatic rings. The lowest BCUT2D eigenvalue weighted by Gasteiger charge is -2.26. The van der Waals surface area contributed by atoms with Gasteiger partial charge in [0, 0.05) is 31.5 Å². The van der Waals surface area contributed by atoms with Gasteiger partial charge in [-0.15, -0.1) is 0 Å². The molecule has 0 bridgehead atoms. The molecule has 1 saturated carbocycles. The van der Waals surface area contributed by atoms with Gasteiger partial charge in [-0.3, -0.25) is 4.79 Å². The van der Waals surface area contributed by atoms with Crippen molar-refractivity contribution >= 4 is 5.91 Å². The van der Waals surface area contributed by atoms with Crippen LogP contribution in [-0.2, 0) is 9.53 Å². The third-order valence-corrected chi connectivity index (χ3v) is 4.91. The second kappa shape index (κ2) is 7.99. The van der Waals surface area contributed by atoms with E-state index in [2.05, 4.69) is 12.2 Å². The van der Waals surface area contributed by atoms with E-state index < -0.39 is 0 Å². The van der Waals surface area contributed by atoms with E-state index in [1.54, 1.807) is 0 Å². The molecule has 0 spiro atoms. The van der Waals surface area contributed by atoms with Crippen molar-refractivity contribution in [3.8, 4) is 0 Å². The fraction of sp³-hybridized carbons (Fsp3) is 0.938. The van der Waals surface area contributed by atoms with Gasteiger partial charge < -0.3 is 15.8 Å². The van der Waals surface area contributed by atoms with Crippen LogP contribution in [-0.4, -0.2) is 31.2 Å². The van der Waals surface area contributed by atoms with Crippen molar-refractivity contribution in [1.29, 1.82) is 0 Å². The first-order valence-corrected chi connectivity index (χ1v) is 8.33. The minimum Gasteiger partial charge on any atom is -0.378 e. The van der Waals surface area contributed by atoms with Crippen LogP contribution in [0.15, 0.2) is 0 Å². The molecule has 116 valence electrons. The van der Waals surface area contributed by atoms with Crippen LogP contribution in [0.3, 0.4) is 0 Å². The molecular formula is C16H30N2O2. The fourth-order valence-electron chi connectivity index (χ4n) is 3.64. The minimum absolute atomic E-state index is 0.200. The third kappa shape index (κ3) is 4.74. The first kappa shape index (κ1) is 15.8. The van der Waals surface area contributed by atoms with Crippen LogP contribution in [0.1, 0.15) is 58.3 Å². The molecule has 20 heavy (non-hydrogen) atoms. The Morgan fingerprint density at radius 1 is 1.35 bits per heavy atom. The van der Waals surface area contributed by atoms with Gasteiger partial charge >= 0.3 is 0 Å². The largest absolute Gasteiger partial charge is 0.378 e. The van der Waals surface area contributed by atoms with Crippen molar-refractivity contribution in [3.63, 3.8) is 0 Å². The summed E-state index contributed by atoms with van der Waals surface area (Å²) in [6.45, 7) is 3.78. The van der Waals surface area contributed by atoms with Crippen molar-refractivity contribution in [2.75, 3.05) is 13.2 Å². The molecule has 4 nitrogen and oxygen atoms in total. The second-order valence-corrected chi connectivity index (χ2v) is 6.50. The van der Waals surface area contributed by atoms with Crippen LogP contribution in [0.5, 0.6) is 0 Å². The summed E-state index contributed by atoms with van der Waals surface area (Å²) in [7, 11) is 0. The Morgan fingerprint density at radius 2 is 2.20 bits per heavy atom. The molecule has 4 atom stereocenters. The van der Waals surface area contributed by atoms with Crippen molar-refractivity contribution in [2.45, 2.75) is 70.4 Å². The van der Waals surface area contributed by atoms with Crippen LogP contribution < -0.4 is 11.1 Å². The molecule has 1 heterocycles. The van der Waals surface area contributed by atoms with E-state index in [0.29, 0.717) is 30.4 Å². The number of nitrogens with two attached hydrogens (primary N) is 1. The lowest BCUT2D eigenvalue weighted by molar-refractivity contribution is -0.121. The first-order chi connectivity index (χ1) is 9.69. The maximum absolute atomic E-state index is 11.9. The van der Waals surface area contributed by atoms with E-state index in [-0.39, 0.29) is 5.91 Å². The van der Waals surface area contributed by atoms with Gasteiger partial charge in [0.05, 0.1) is 6.10 Å². The number of rotatable bonds is 6. The zero-order valence-electron chi connectivity index (χ0n) is 12.8. The molecule has 0 aromatic carbocycles. The Bertz CT molecular complexity index is 309. The van der Waals surface area contributed by atoms with Crippen LogP contribution in [0.2, 0.25) is 0 Å². The van der Waals surface area contributed by atoms with E-state index in [0.717, 1.165) is 45.3 Å². The Balaban J connectivity index is 1.60. The Morgan fingerprint density at radius 3 is 2.95 bits per heavy atom. The van der Waals surface area contributed by atoms with Crippen molar-refractivity contribution in [3.05, 3.63) is 0 Å². The Labute approximate surface area is 122 Å². The normalized spacial score (nSPS) is 34.1. The summed E-state index contributed by atoms with van der Waals surface area (Å²) >= 11 is 0. The van der Waals surface area contributed by atoms with Crippen molar-refractivity contribution < 1.29 is 9.53 Å². The molecule has 2 rings (SSSR count). The molecule has 2 aliphatic rings. The second-order valence-electron chi connectivity index (χ2n) is 6.50. The highest BCUT2D eigenvalue weighted by molar-refractivity contribution is 5.75. The average molecular weight is 282 g/mol. The van der Waals surface area contributed by atoms with Gasteiger partial charge in [-0.1, -0.05) is 19.8 Å². The van der Waals surface area contributed by atoms with Gasteiger partial charge in [0.25, 0.3) is 0 Å².